The smallest absolute Gasteiger partial charge is 0.357 e. The lowest BCUT2D eigenvalue weighted by molar-refractivity contribution is -0.385. The van der Waals surface area contributed by atoms with Gasteiger partial charge in [0.15, 0.2) is 0 Å². The third-order valence-corrected chi connectivity index (χ3v) is 6.78. The average molecular weight is 521 g/mol. The maximum Gasteiger partial charge on any atom is 0.357 e. The molecule has 0 spiro atoms. The van der Waals surface area contributed by atoms with E-state index < -0.39 is 22.0 Å². The number of benzene rings is 3. The Morgan fingerprint density at radius 2 is 1.59 bits per heavy atom. The first-order valence-electron chi connectivity index (χ1n) is 11.7. The molecule has 10 heteroatoms. The Morgan fingerprint density at radius 1 is 0.946 bits per heavy atom. The van der Waals surface area contributed by atoms with Crippen LogP contribution in [0.1, 0.15) is 15.9 Å². The predicted octanol–water partition coefficient (Wildman–Crippen LogP) is 4.71. The van der Waals surface area contributed by atoms with Gasteiger partial charge < -0.3 is 9.80 Å². The van der Waals surface area contributed by atoms with E-state index in [1.165, 1.54) is 16.7 Å². The fourth-order valence-corrected chi connectivity index (χ4v) is 4.82. The molecular weight excluding hydrogens is 499 g/mol. The first kappa shape index (κ1) is 24.5. The molecule has 1 fully saturated rings. The van der Waals surface area contributed by atoms with Crippen LogP contribution >= 0.6 is 11.6 Å². The van der Waals surface area contributed by atoms with Gasteiger partial charge in [-0.1, -0.05) is 41.9 Å². The number of fused-ring (bicyclic) bond motifs is 1. The Bertz CT molecular complexity index is 1550. The number of hydrogen-bond acceptors (Lipinski definition) is 5. The fraction of sp³-hybridized carbons (Fsp3) is 0.185. The summed E-state index contributed by atoms with van der Waals surface area (Å²) in [5.74, 6) is -0.554. The van der Waals surface area contributed by atoms with E-state index >= 15 is 0 Å². The molecule has 1 amide bonds. The molecule has 3 aromatic carbocycles. The van der Waals surface area contributed by atoms with E-state index in [-0.39, 0.29) is 18.1 Å². The second-order valence-electron chi connectivity index (χ2n) is 8.78. The standard InChI is InChI=1S/C27H22ClFN4O4/c28-20-9-7-19(8-10-20)26(34)31-15-13-30(14-16-31)24-22-3-1-2-4-23(22)32(27(35)25(24)33(36)37)17-18-5-11-21(29)12-6-18/h1-12H,13-17H2. The minimum Gasteiger partial charge on any atom is -0.362 e. The van der Waals surface area contributed by atoms with Crippen LogP contribution in [0.25, 0.3) is 10.9 Å². The van der Waals surface area contributed by atoms with Gasteiger partial charge >= 0.3 is 11.2 Å². The number of piperazine rings is 1. The van der Waals surface area contributed by atoms with Gasteiger partial charge in [-0.15, -0.1) is 0 Å². The number of amides is 1. The van der Waals surface area contributed by atoms with E-state index in [1.54, 1.807) is 70.5 Å². The average Bonchev–Trinajstić information content (AvgIpc) is 2.91. The third kappa shape index (κ3) is 4.77. The van der Waals surface area contributed by atoms with E-state index in [2.05, 4.69) is 0 Å². The lowest BCUT2D eigenvalue weighted by atomic mass is 10.1. The molecule has 2 heterocycles. The molecule has 37 heavy (non-hydrogen) atoms. The molecule has 188 valence electrons. The predicted molar refractivity (Wildman–Crippen MR) is 140 cm³/mol. The molecule has 0 saturated carbocycles. The molecular formula is C27H22ClFN4O4. The number of hydrogen-bond donors (Lipinski definition) is 0. The van der Waals surface area contributed by atoms with Crippen molar-refractivity contribution in [2.75, 3.05) is 31.1 Å². The maximum absolute atomic E-state index is 13.5. The highest BCUT2D eigenvalue weighted by atomic mass is 35.5. The van der Waals surface area contributed by atoms with Crippen LogP contribution in [0.3, 0.4) is 0 Å². The number of para-hydroxylation sites is 1. The van der Waals surface area contributed by atoms with Crippen LogP contribution < -0.4 is 10.5 Å². The molecule has 0 N–H and O–H groups in total. The zero-order chi connectivity index (χ0) is 26.1. The molecule has 1 aliphatic heterocycles. The van der Waals surface area contributed by atoms with Gasteiger partial charge in [-0.2, -0.15) is 0 Å². The molecule has 1 saturated heterocycles. The van der Waals surface area contributed by atoms with Crippen LogP contribution in [0, 0.1) is 15.9 Å². The third-order valence-electron chi connectivity index (χ3n) is 6.53. The van der Waals surface area contributed by atoms with Crippen molar-refractivity contribution in [1.29, 1.82) is 0 Å². The number of carbonyl (C=O) groups excluding carboxylic acids is 1. The Hall–Kier alpha value is -4.24. The van der Waals surface area contributed by atoms with E-state index in [0.717, 1.165) is 0 Å². The number of nitrogens with zero attached hydrogens (tertiary/aromatic N) is 4. The van der Waals surface area contributed by atoms with Crippen molar-refractivity contribution in [2.24, 2.45) is 0 Å². The maximum atomic E-state index is 13.5. The summed E-state index contributed by atoms with van der Waals surface area (Å²) >= 11 is 5.92. The van der Waals surface area contributed by atoms with Gasteiger partial charge in [0, 0.05) is 42.2 Å². The molecule has 0 atom stereocenters. The van der Waals surface area contributed by atoms with E-state index in [4.69, 9.17) is 11.6 Å². The summed E-state index contributed by atoms with van der Waals surface area (Å²) in [7, 11) is 0. The Morgan fingerprint density at radius 3 is 2.24 bits per heavy atom. The van der Waals surface area contributed by atoms with Crippen molar-refractivity contribution in [3.8, 4) is 0 Å². The van der Waals surface area contributed by atoms with Gasteiger partial charge in [-0.25, -0.2) is 4.39 Å². The van der Waals surface area contributed by atoms with Gasteiger partial charge in [0.1, 0.15) is 11.5 Å². The summed E-state index contributed by atoms with van der Waals surface area (Å²) in [4.78, 5) is 41.5. The number of anilines is 1. The van der Waals surface area contributed by atoms with Gasteiger partial charge in [0.25, 0.3) is 5.91 Å². The van der Waals surface area contributed by atoms with Gasteiger partial charge in [-0.3, -0.25) is 24.3 Å². The van der Waals surface area contributed by atoms with Crippen molar-refractivity contribution in [1.82, 2.24) is 9.47 Å². The summed E-state index contributed by atoms with van der Waals surface area (Å²) in [6.07, 6.45) is 0. The van der Waals surface area contributed by atoms with Crippen LogP contribution in [0.2, 0.25) is 5.02 Å². The Kier molecular flexibility index (Phi) is 6.62. The SMILES string of the molecule is O=C(c1ccc(Cl)cc1)N1CCN(c2c([N+](=O)[O-])c(=O)n(Cc3ccc(F)cc3)c3ccccc23)CC1. The number of aromatic nitrogens is 1. The van der Waals surface area contributed by atoms with E-state index in [0.29, 0.717) is 53.2 Å². The minimum absolute atomic E-state index is 0.0596. The van der Waals surface area contributed by atoms with Crippen LogP contribution in [0.4, 0.5) is 15.8 Å². The van der Waals surface area contributed by atoms with Crippen LogP contribution in [0.5, 0.6) is 0 Å². The monoisotopic (exact) mass is 520 g/mol. The Balaban J connectivity index is 1.51. The summed E-state index contributed by atoms with van der Waals surface area (Å²) in [5.41, 5.74) is 0.695. The highest BCUT2D eigenvalue weighted by Crippen LogP contribution is 2.34. The van der Waals surface area contributed by atoms with Gasteiger partial charge in [0.05, 0.1) is 17.0 Å². The van der Waals surface area contributed by atoms with E-state index in [9.17, 15) is 24.1 Å². The van der Waals surface area contributed by atoms with Gasteiger partial charge in [0.2, 0.25) is 0 Å². The molecule has 1 aromatic heterocycles. The first-order chi connectivity index (χ1) is 17.8. The zero-order valence-electron chi connectivity index (χ0n) is 19.6. The Labute approximate surface area is 216 Å². The molecule has 0 unspecified atom stereocenters. The summed E-state index contributed by atoms with van der Waals surface area (Å²) < 4.78 is 14.7. The lowest BCUT2D eigenvalue weighted by Crippen LogP contribution is -2.49. The first-order valence-corrected chi connectivity index (χ1v) is 12.1. The lowest BCUT2D eigenvalue weighted by Gasteiger charge is -2.36. The molecule has 8 nitrogen and oxygen atoms in total. The number of rotatable bonds is 5. The van der Waals surface area contributed by atoms with Crippen molar-refractivity contribution in [2.45, 2.75) is 6.54 Å². The molecule has 0 bridgehead atoms. The summed E-state index contributed by atoms with van der Waals surface area (Å²) in [5, 5.41) is 13.3. The normalized spacial score (nSPS) is 13.7. The van der Waals surface area contributed by atoms with Crippen molar-refractivity contribution >= 4 is 39.8 Å². The molecule has 0 aliphatic carbocycles. The number of pyridine rings is 1. The molecule has 0 radical (unpaired) electrons. The minimum atomic E-state index is -0.734. The number of halogens is 2. The quantitative estimate of drug-likeness (QED) is 0.281. The van der Waals surface area contributed by atoms with E-state index in [1.807, 2.05) is 0 Å². The van der Waals surface area contributed by atoms with Crippen molar-refractivity contribution in [3.05, 3.63) is 115 Å². The number of nitro groups is 1. The highest BCUT2D eigenvalue weighted by Gasteiger charge is 2.32. The van der Waals surface area contributed by atoms with Crippen LogP contribution in [0.15, 0.2) is 77.6 Å². The molecule has 1 aliphatic rings. The van der Waals surface area contributed by atoms with Crippen molar-refractivity contribution in [3.63, 3.8) is 0 Å². The largest absolute Gasteiger partial charge is 0.362 e. The van der Waals surface area contributed by atoms with Crippen LogP contribution in [-0.4, -0.2) is 46.5 Å². The summed E-state index contributed by atoms with van der Waals surface area (Å²) in [6, 6.07) is 19.3. The second-order valence-corrected chi connectivity index (χ2v) is 9.21. The van der Waals surface area contributed by atoms with Crippen molar-refractivity contribution < 1.29 is 14.1 Å². The highest BCUT2D eigenvalue weighted by molar-refractivity contribution is 6.30. The fourth-order valence-electron chi connectivity index (χ4n) is 4.70. The topological polar surface area (TPSA) is 88.7 Å². The second kappa shape index (κ2) is 10.0. The number of carbonyl (C=O) groups is 1. The van der Waals surface area contributed by atoms with Gasteiger partial charge in [-0.05, 0) is 48.0 Å². The summed E-state index contributed by atoms with van der Waals surface area (Å²) in [6.45, 7) is 1.39. The molecule has 4 aromatic rings. The molecule has 5 rings (SSSR count). The zero-order valence-corrected chi connectivity index (χ0v) is 20.4. The van der Waals surface area contributed by atoms with Crippen LogP contribution in [-0.2, 0) is 6.54 Å².